The SMILES string of the molecule is COC(=O)[C@]12C=CCC[C@H]3C[C@H]4C(=O)C=C[C@](C(=O)OC)(CC1)[C@@H]4[C@@H]32. The van der Waals surface area contributed by atoms with Crippen LogP contribution in [0.2, 0.25) is 0 Å². The highest BCUT2D eigenvalue weighted by molar-refractivity contribution is 5.97. The lowest BCUT2D eigenvalue weighted by molar-refractivity contribution is -0.173. The Morgan fingerprint density at radius 2 is 1.68 bits per heavy atom. The summed E-state index contributed by atoms with van der Waals surface area (Å²) in [5.41, 5.74) is -1.51. The highest BCUT2D eigenvalue weighted by Crippen LogP contribution is 2.67. The Kier molecular flexibility index (Phi) is 3.67. The van der Waals surface area contributed by atoms with Crippen LogP contribution in [-0.2, 0) is 23.9 Å². The van der Waals surface area contributed by atoms with E-state index >= 15 is 0 Å². The van der Waals surface area contributed by atoms with E-state index in [0.717, 1.165) is 19.3 Å². The molecule has 2 fully saturated rings. The molecule has 0 bridgehead atoms. The summed E-state index contributed by atoms with van der Waals surface area (Å²) in [5, 5.41) is 0. The zero-order chi connectivity index (χ0) is 17.8. The quantitative estimate of drug-likeness (QED) is 0.568. The lowest BCUT2D eigenvalue weighted by Crippen LogP contribution is -2.56. The van der Waals surface area contributed by atoms with Crippen LogP contribution in [0.3, 0.4) is 0 Å². The number of ketones is 1. The molecule has 4 aliphatic carbocycles. The van der Waals surface area contributed by atoms with Gasteiger partial charge in [0.2, 0.25) is 0 Å². The molecule has 0 heterocycles. The fourth-order valence-electron chi connectivity index (χ4n) is 6.26. The minimum Gasteiger partial charge on any atom is -0.468 e. The lowest BCUT2D eigenvalue weighted by Gasteiger charge is -2.52. The van der Waals surface area contributed by atoms with Gasteiger partial charge in [0.25, 0.3) is 0 Å². The average Bonchev–Trinajstić information content (AvgIpc) is 2.94. The first-order valence-corrected chi connectivity index (χ1v) is 9.08. The summed E-state index contributed by atoms with van der Waals surface area (Å²) in [4.78, 5) is 38.2. The van der Waals surface area contributed by atoms with E-state index in [1.54, 1.807) is 12.2 Å². The van der Waals surface area contributed by atoms with Crippen molar-refractivity contribution in [3.8, 4) is 0 Å². The average molecular weight is 344 g/mol. The predicted octanol–water partition coefficient (Wildman–Crippen LogP) is 2.46. The Hall–Kier alpha value is -1.91. The molecule has 0 aromatic rings. The molecule has 0 saturated heterocycles. The van der Waals surface area contributed by atoms with Gasteiger partial charge in [-0.1, -0.05) is 18.2 Å². The van der Waals surface area contributed by atoms with Gasteiger partial charge in [-0.3, -0.25) is 14.4 Å². The van der Waals surface area contributed by atoms with Gasteiger partial charge in [-0.05, 0) is 55.9 Å². The Labute approximate surface area is 147 Å². The van der Waals surface area contributed by atoms with Crippen molar-refractivity contribution in [2.45, 2.75) is 32.1 Å². The van der Waals surface area contributed by atoms with Crippen LogP contribution in [-0.4, -0.2) is 31.9 Å². The number of ether oxygens (including phenoxy) is 2. The van der Waals surface area contributed by atoms with E-state index in [0.29, 0.717) is 12.8 Å². The summed E-state index contributed by atoms with van der Waals surface area (Å²) >= 11 is 0. The third kappa shape index (κ3) is 1.98. The van der Waals surface area contributed by atoms with Crippen LogP contribution < -0.4 is 0 Å². The third-order valence-corrected chi connectivity index (χ3v) is 7.19. The second kappa shape index (κ2) is 5.55. The van der Waals surface area contributed by atoms with Gasteiger partial charge in [0, 0.05) is 5.92 Å². The number of hydrogen-bond donors (Lipinski definition) is 0. The normalized spacial score (nSPS) is 44.0. The number of methoxy groups -OCH3 is 2. The zero-order valence-electron chi connectivity index (χ0n) is 14.7. The summed E-state index contributed by atoms with van der Waals surface area (Å²) in [6.45, 7) is 0. The van der Waals surface area contributed by atoms with Crippen LogP contribution in [0.1, 0.15) is 32.1 Å². The Morgan fingerprint density at radius 3 is 2.32 bits per heavy atom. The van der Waals surface area contributed by atoms with Crippen molar-refractivity contribution >= 4 is 17.7 Å². The van der Waals surface area contributed by atoms with E-state index < -0.39 is 10.8 Å². The van der Waals surface area contributed by atoms with Gasteiger partial charge in [-0.15, -0.1) is 0 Å². The first-order valence-electron chi connectivity index (χ1n) is 9.08. The zero-order valence-corrected chi connectivity index (χ0v) is 14.7. The van der Waals surface area contributed by atoms with Crippen molar-refractivity contribution in [3.05, 3.63) is 24.3 Å². The summed E-state index contributed by atoms with van der Waals surface area (Å²) in [6.07, 6.45) is 11.1. The van der Waals surface area contributed by atoms with Crippen LogP contribution in [0.15, 0.2) is 24.3 Å². The molecule has 0 aliphatic heterocycles. The Balaban J connectivity index is 1.91. The molecule has 0 aromatic heterocycles. The fraction of sp³-hybridized carbons (Fsp3) is 0.650. The number of carbonyl (C=O) groups is 3. The van der Waals surface area contributed by atoms with Gasteiger partial charge in [0.05, 0.1) is 25.0 Å². The van der Waals surface area contributed by atoms with Crippen LogP contribution in [0, 0.1) is 34.5 Å². The van der Waals surface area contributed by atoms with E-state index in [-0.39, 0.29) is 41.4 Å². The standard InChI is InChI=1S/C20H24O5/c1-24-17(22)19-7-4-3-5-12-11-13-14(21)6-8-20(10-9-19,18(23)25-2)16(13)15(12)19/h4,6-8,12-13,15-16H,3,5,9-11H2,1-2H3/t12-,13-,15+,16-,19+,20-/m0/s1. The van der Waals surface area contributed by atoms with E-state index in [1.165, 1.54) is 14.2 Å². The third-order valence-electron chi connectivity index (χ3n) is 7.19. The molecule has 4 rings (SSSR count). The number of hydrogen-bond acceptors (Lipinski definition) is 5. The Morgan fingerprint density at radius 1 is 1.04 bits per heavy atom. The van der Waals surface area contributed by atoms with Crippen molar-refractivity contribution in [1.82, 2.24) is 0 Å². The van der Waals surface area contributed by atoms with Crippen molar-refractivity contribution < 1.29 is 23.9 Å². The van der Waals surface area contributed by atoms with Gasteiger partial charge in [0.15, 0.2) is 5.78 Å². The molecule has 0 N–H and O–H groups in total. The number of rotatable bonds is 2. The molecule has 4 aliphatic rings. The highest BCUT2D eigenvalue weighted by atomic mass is 16.5. The molecule has 0 aromatic carbocycles. The fourth-order valence-corrected chi connectivity index (χ4v) is 6.26. The predicted molar refractivity (Wildman–Crippen MR) is 89.2 cm³/mol. The molecule has 0 spiro atoms. The van der Waals surface area contributed by atoms with Gasteiger partial charge < -0.3 is 9.47 Å². The minimum absolute atomic E-state index is 0.0505. The molecule has 0 radical (unpaired) electrons. The molecular weight excluding hydrogens is 320 g/mol. The van der Waals surface area contributed by atoms with E-state index in [4.69, 9.17) is 9.47 Å². The summed E-state index contributed by atoms with van der Waals surface area (Å²) in [7, 11) is 2.82. The maximum atomic E-state index is 12.8. The van der Waals surface area contributed by atoms with E-state index in [9.17, 15) is 14.4 Å². The van der Waals surface area contributed by atoms with Crippen LogP contribution in [0.25, 0.3) is 0 Å². The largest absolute Gasteiger partial charge is 0.468 e. The van der Waals surface area contributed by atoms with Crippen molar-refractivity contribution in [1.29, 1.82) is 0 Å². The highest BCUT2D eigenvalue weighted by Gasteiger charge is 2.69. The van der Waals surface area contributed by atoms with E-state index in [2.05, 4.69) is 6.08 Å². The lowest BCUT2D eigenvalue weighted by atomic mass is 9.49. The first kappa shape index (κ1) is 16.6. The van der Waals surface area contributed by atoms with Gasteiger partial charge in [0.1, 0.15) is 0 Å². The maximum absolute atomic E-state index is 12.8. The molecule has 134 valence electrons. The summed E-state index contributed by atoms with van der Waals surface area (Å²) < 4.78 is 10.3. The number of carbonyl (C=O) groups excluding carboxylic acids is 3. The van der Waals surface area contributed by atoms with Gasteiger partial charge in [-0.25, -0.2) is 0 Å². The smallest absolute Gasteiger partial charge is 0.315 e. The second-order valence-corrected chi connectivity index (χ2v) is 7.93. The van der Waals surface area contributed by atoms with Crippen LogP contribution >= 0.6 is 0 Å². The molecule has 0 unspecified atom stereocenters. The van der Waals surface area contributed by atoms with Crippen molar-refractivity contribution in [2.24, 2.45) is 34.5 Å². The van der Waals surface area contributed by atoms with Crippen molar-refractivity contribution in [2.75, 3.05) is 14.2 Å². The molecule has 6 atom stereocenters. The molecule has 5 nitrogen and oxygen atoms in total. The van der Waals surface area contributed by atoms with Crippen molar-refractivity contribution in [3.63, 3.8) is 0 Å². The van der Waals surface area contributed by atoms with Crippen LogP contribution in [0.4, 0.5) is 0 Å². The second-order valence-electron chi connectivity index (χ2n) is 7.93. The molecular formula is C20H24O5. The van der Waals surface area contributed by atoms with Gasteiger partial charge in [-0.2, -0.15) is 0 Å². The van der Waals surface area contributed by atoms with E-state index in [1.807, 2.05) is 6.08 Å². The maximum Gasteiger partial charge on any atom is 0.315 e. The summed E-state index contributed by atoms with van der Waals surface area (Å²) in [5.74, 6) is -0.613. The first-order chi connectivity index (χ1) is 12.0. The number of esters is 2. The number of allylic oxidation sites excluding steroid dienone is 2. The Bertz CT molecular complexity index is 692. The van der Waals surface area contributed by atoms with Crippen LogP contribution in [0.5, 0.6) is 0 Å². The molecule has 0 amide bonds. The topological polar surface area (TPSA) is 69.7 Å². The minimum atomic E-state index is -0.789. The monoisotopic (exact) mass is 344 g/mol. The van der Waals surface area contributed by atoms with Gasteiger partial charge >= 0.3 is 11.9 Å². The molecule has 2 saturated carbocycles. The summed E-state index contributed by atoms with van der Waals surface area (Å²) in [6, 6.07) is 0. The molecule has 25 heavy (non-hydrogen) atoms. The molecule has 5 heteroatoms.